The maximum atomic E-state index is 12.0. The van der Waals surface area contributed by atoms with E-state index in [9.17, 15) is 9.46 Å². The van der Waals surface area contributed by atoms with Crippen LogP contribution in [-0.2, 0) is 18.3 Å². The predicted octanol–water partition coefficient (Wildman–Crippen LogP) is 5.05. The molecule has 0 aromatic heterocycles. The molecule has 3 atom stereocenters. The molecule has 0 aromatic rings. The quantitative estimate of drug-likeness (QED) is 0.0930. The Balaban J connectivity index is 4.05. The highest BCUT2D eigenvalue weighted by Gasteiger charge is 2.21. The SMILES string of the molecule is CCCCCCCCCCCCC/C=C/[C@@H](OC)[C@H](COP(=O)([O-])OCC[N+](C)(C)C)NC. The van der Waals surface area contributed by atoms with Gasteiger partial charge in [-0.15, -0.1) is 0 Å². The molecule has 198 valence electrons. The molecule has 0 saturated heterocycles. The van der Waals surface area contributed by atoms with Crippen LogP contribution in [0.25, 0.3) is 0 Å². The minimum Gasteiger partial charge on any atom is -0.756 e. The Kier molecular flexibility index (Phi) is 19.8. The molecule has 0 bridgehead atoms. The molecule has 0 spiro atoms. The Morgan fingerprint density at radius 2 is 1.48 bits per heavy atom. The Morgan fingerprint density at radius 3 is 1.97 bits per heavy atom. The molecule has 33 heavy (non-hydrogen) atoms. The van der Waals surface area contributed by atoms with Crippen LogP contribution in [0.1, 0.15) is 84.0 Å². The number of likely N-dealkylation sites (N-methyl/N-ethyl adjacent to an activating group) is 2. The van der Waals surface area contributed by atoms with Gasteiger partial charge in [0.15, 0.2) is 0 Å². The molecule has 0 amide bonds. The van der Waals surface area contributed by atoms with Crippen LogP contribution < -0.4 is 10.2 Å². The van der Waals surface area contributed by atoms with E-state index in [4.69, 9.17) is 13.8 Å². The largest absolute Gasteiger partial charge is 0.756 e. The van der Waals surface area contributed by atoms with Gasteiger partial charge in [0.25, 0.3) is 7.82 Å². The van der Waals surface area contributed by atoms with Crippen LogP contribution in [0, 0.1) is 0 Å². The second-order valence-corrected chi connectivity index (χ2v) is 11.3. The first-order chi connectivity index (χ1) is 15.6. The summed E-state index contributed by atoms with van der Waals surface area (Å²) in [5.41, 5.74) is 0. The van der Waals surface area contributed by atoms with Crippen molar-refractivity contribution >= 4 is 7.82 Å². The second-order valence-electron chi connectivity index (χ2n) is 9.94. The molecule has 0 aromatic carbocycles. The molecule has 0 aliphatic rings. The van der Waals surface area contributed by atoms with Crippen LogP contribution in [0.2, 0.25) is 0 Å². The van der Waals surface area contributed by atoms with Gasteiger partial charge in [-0.3, -0.25) is 4.57 Å². The molecule has 1 unspecified atom stereocenters. The average molecular weight is 493 g/mol. The highest BCUT2D eigenvalue weighted by atomic mass is 31.2. The van der Waals surface area contributed by atoms with Gasteiger partial charge in [-0.1, -0.05) is 83.3 Å². The molecular formula is C25H53N2O5P. The Bertz CT molecular complexity index is 525. The fourth-order valence-corrected chi connectivity index (χ4v) is 4.23. The van der Waals surface area contributed by atoms with Crippen LogP contribution in [0.4, 0.5) is 0 Å². The van der Waals surface area contributed by atoms with E-state index >= 15 is 0 Å². The maximum absolute atomic E-state index is 12.0. The third-order valence-electron chi connectivity index (χ3n) is 5.76. The van der Waals surface area contributed by atoms with E-state index in [2.05, 4.69) is 18.3 Å². The molecule has 1 N–H and O–H groups in total. The lowest BCUT2D eigenvalue weighted by molar-refractivity contribution is -0.870. The van der Waals surface area contributed by atoms with Gasteiger partial charge < -0.3 is 28.5 Å². The first kappa shape index (κ1) is 32.7. The van der Waals surface area contributed by atoms with E-state index in [0.29, 0.717) is 11.0 Å². The van der Waals surface area contributed by atoms with Gasteiger partial charge in [0.2, 0.25) is 0 Å². The summed E-state index contributed by atoms with van der Waals surface area (Å²) in [7, 11) is 4.98. The molecular weight excluding hydrogens is 439 g/mol. The van der Waals surface area contributed by atoms with Crippen molar-refractivity contribution in [3.8, 4) is 0 Å². The number of rotatable bonds is 23. The van der Waals surface area contributed by atoms with Crippen molar-refractivity contribution < 1.29 is 27.7 Å². The number of allylic oxidation sites excluding steroid dienone is 1. The summed E-state index contributed by atoms with van der Waals surface area (Å²) in [6.45, 7) is 2.90. The lowest BCUT2D eigenvalue weighted by Gasteiger charge is -2.29. The number of unbranched alkanes of at least 4 members (excludes halogenated alkanes) is 11. The van der Waals surface area contributed by atoms with Gasteiger partial charge >= 0.3 is 0 Å². The monoisotopic (exact) mass is 492 g/mol. The molecule has 0 heterocycles. The molecule has 0 rings (SSSR count). The molecule has 0 fully saturated rings. The zero-order chi connectivity index (χ0) is 25.0. The van der Waals surface area contributed by atoms with Crippen molar-refractivity contribution in [2.75, 3.05) is 55.1 Å². The topological polar surface area (TPSA) is 79.9 Å². The first-order valence-corrected chi connectivity index (χ1v) is 14.4. The van der Waals surface area contributed by atoms with E-state index in [1.165, 1.54) is 70.6 Å². The van der Waals surface area contributed by atoms with Gasteiger partial charge in [0.1, 0.15) is 13.2 Å². The summed E-state index contributed by atoms with van der Waals surface area (Å²) in [6, 6.07) is -0.284. The van der Waals surface area contributed by atoms with Gasteiger partial charge in [-0.25, -0.2) is 0 Å². The average Bonchev–Trinajstić information content (AvgIpc) is 2.74. The van der Waals surface area contributed by atoms with Crippen LogP contribution in [0.5, 0.6) is 0 Å². The Hall–Kier alpha value is -0.270. The van der Waals surface area contributed by atoms with Crippen molar-refractivity contribution in [1.29, 1.82) is 0 Å². The van der Waals surface area contributed by atoms with Crippen molar-refractivity contribution in [1.82, 2.24) is 5.32 Å². The van der Waals surface area contributed by atoms with Crippen molar-refractivity contribution in [2.45, 2.75) is 96.1 Å². The smallest absolute Gasteiger partial charge is 0.268 e. The molecule has 0 saturated carbocycles. The number of nitrogens with one attached hydrogen (secondary N) is 1. The van der Waals surface area contributed by atoms with E-state index in [1.54, 1.807) is 14.2 Å². The summed E-state index contributed by atoms with van der Waals surface area (Å²) >= 11 is 0. The van der Waals surface area contributed by atoms with E-state index < -0.39 is 7.82 Å². The normalized spacial score (nSPS) is 16.2. The van der Waals surface area contributed by atoms with Crippen LogP contribution in [0.3, 0.4) is 0 Å². The van der Waals surface area contributed by atoms with Crippen molar-refractivity contribution in [2.24, 2.45) is 0 Å². The Morgan fingerprint density at radius 1 is 0.939 bits per heavy atom. The van der Waals surface area contributed by atoms with Crippen LogP contribution in [-0.4, -0.2) is 71.7 Å². The highest BCUT2D eigenvalue weighted by Crippen LogP contribution is 2.38. The van der Waals surface area contributed by atoms with Crippen LogP contribution >= 0.6 is 7.82 Å². The minimum atomic E-state index is -4.34. The molecule has 0 aliphatic carbocycles. The van der Waals surface area contributed by atoms with Crippen molar-refractivity contribution in [3.63, 3.8) is 0 Å². The summed E-state index contributed by atoms with van der Waals surface area (Å²) in [6.07, 6.45) is 19.5. The highest BCUT2D eigenvalue weighted by molar-refractivity contribution is 7.45. The first-order valence-electron chi connectivity index (χ1n) is 12.9. The number of hydrogen-bond donors (Lipinski definition) is 1. The summed E-state index contributed by atoms with van der Waals surface area (Å²) in [5.74, 6) is 0. The second kappa shape index (κ2) is 20.0. The van der Waals surface area contributed by atoms with Crippen molar-refractivity contribution in [3.05, 3.63) is 12.2 Å². The van der Waals surface area contributed by atoms with Gasteiger partial charge in [-0.05, 0) is 19.9 Å². The fourth-order valence-electron chi connectivity index (χ4n) is 3.51. The molecule has 7 nitrogen and oxygen atoms in total. The molecule has 0 radical (unpaired) electrons. The third kappa shape index (κ3) is 20.8. The standard InChI is InChI=1S/C25H53N2O5P/c1-7-8-9-10-11-12-13-14-15-16-17-18-19-20-25(30-6)24(26-2)23-32-33(28,29)31-22-21-27(3,4)5/h19-20,24-26H,7-18,21-23H2,1-6H3/b20-19+/t24-,25+/m0/s1. The number of phosphoric ester groups is 1. The summed E-state index contributed by atoms with van der Waals surface area (Å²) < 4.78 is 28.2. The number of methoxy groups -OCH3 is 1. The van der Waals surface area contributed by atoms with E-state index in [1.807, 2.05) is 27.2 Å². The number of phosphoric acid groups is 1. The summed E-state index contributed by atoms with van der Waals surface area (Å²) in [5, 5.41) is 3.08. The lowest BCUT2D eigenvalue weighted by atomic mass is 10.0. The summed E-state index contributed by atoms with van der Waals surface area (Å²) in [4.78, 5) is 12.0. The molecule has 8 heteroatoms. The predicted molar refractivity (Wildman–Crippen MR) is 136 cm³/mol. The zero-order valence-electron chi connectivity index (χ0n) is 22.4. The number of quaternary nitrogens is 1. The lowest BCUT2D eigenvalue weighted by Crippen LogP contribution is -2.42. The Labute approximate surface area is 204 Å². The number of hydrogen-bond acceptors (Lipinski definition) is 6. The fraction of sp³-hybridized carbons (Fsp3) is 0.920. The third-order valence-corrected chi connectivity index (χ3v) is 6.73. The minimum absolute atomic E-state index is 0.0387. The van der Waals surface area contributed by atoms with Gasteiger partial charge in [0, 0.05) is 7.11 Å². The van der Waals surface area contributed by atoms with E-state index in [0.717, 1.165) is 6.42 Å². The van der Waals surface area contributed by atoms with Gasteiger partial charge in [-0.2, -0.15) is 0 Å². The molecule has 0 aliphatic heterocycles. The van der Waals surface area contributed by atoms with Crippen LogP contribution in [0.15, 0.2) is 12.2 Å². The van der Waals surface area contributed by atoms with Gasteiger partial charge in [0.05, 0.1) is 39.9 Å². The number of ether oxygens (including phenoxy) is 1. The maximum Gasteiger partial charge on any atom is 0.268 e. The number of nitrogens with zero attached hydrogens (tertiary/aromatic N) is 1. The van der Waals surface area contributed by atoms with E-state index in [-0.39, 0.29) is 25.4 Å². The zero-order valence-corrected chi connectivity index (χ0v) is 23.2.